The summed E-state index contributed by atoms with van der Waals surface area (Å²) in [6.45, 7) is 4.18. The molecule has 0 bridgehead atoms. The van der Waals surface area contributed by atoms with Crippen LogP contribution in [0.15, 0.2) is 30.3 Å². The Morgan fingerprint density at radius 1 is 1.15 bits per heavy atom. The van der Waals surface area contributed by atoms with Crippen molar-refractivity contribution in [1.82, 2.24) is 14.7 Å². The van der Waals surface area contributed by atoms with Gasteiger partial charge in [-0.05, 0) is 72.9 Å². The predicted molar refractivity (Wildman–Crippen MR) is 155 cm³/mol. The number of halogens is 2. The van der Waals surface area contributed by atoms with E-state index in [9.17, 15) is 14.0 Å². The summed E-state index contributed by atoms with van der Waals surface area (Å²) in [5.41, 5.74) is 4.06. The number of hydrogen-bond donors (Lipinski definition) is 1. The number of amides is 3. The van der Waals surface area contributed by atoms with Crippen molar-refractivity contribution in [2.24, 2.45) is 5.92 Å². The van der Waals surface area contributed by atoms with Gasteiger partial charge in [0.1, 0.15) is 24.7 Å². The van der Waals surface area contributed by atoms with Gasteiger partial charge in [0.05, 0.1) is 11.6 Å². The van der Waals surface area contributed by atoms with Crippen molar-refractivity contribution in [3.63, 3.8) is 0 Å². The maximum atomic E-state index is 14.8. The maximum Gasteiger partial charge on any atom is 0.327 e. The number of carbonyl (C=O) groups excluding carboxylic acids is 2. The first-order valence-electron chi connectivity index (χ1n) is 14.3. The number of aryl methyl sites for hydroxylation is 1. The quantitative estimate of drug-likeness (QED) is 0.293. The third kappa shape index (κ3) is 7.38. The molecule has 1 N–H and O–H groups in total. The van der Waals surface area contributed by atoms with Crippen molar-refractivity contribution < 1.29 is 28.6 Å². The van der Waals surface area contributed by atoms with Crippen LogP contribution < -0.4 is 4.74 Å². The molecule has 10 heteroatoms. The van der Waals surface area contributed by atoms with E-state index in [0.717, 1.165) is 48.4 Å². The highest BCUT2D eigenvalue weighted by Crippen LogP contribution is 2.41. The van der Waals surface area contributed by atoms with E-state index in [4.69, 9.17) is 26.2 Å². The average Bonchev–Trinajstić information content (AvgIpc) is 3.49. The number of benzene rings is 2. The predicted octanol–water partition coefficient (Wildman–Crippen LogP) is 5.83. The summed E-state index contributed by atoms with van der Waals surface area (Å²) in [7, 11) is 1.62. The Balaban J connectivity index is 0.00000124. The van der Waals surface area contributed by atoms with Crippen molar-refractivity contribution in [2.45, 2.75) is 64.5 Å². The molecule has 1 unspecified atom stereocenters. The molecule has 3 amide bonds. The minimum Gasteiger partial charge on any atom is -0.491 e. The van der Waals surface area contributed by atoms with E-state index in [-0.39, 0.29) is 55.0 Å². The summed E-state index contributed by atoms with van der Waals surface area (Å²) in [5.74, 6) is 0.971. The Kier molecular flexibility index (Phi) is 10.6. The molecular weight excluding hydrogens is 549 g/mol. The lowest BCUT2D eigenvalue weighted by atomic mass is 9.88. The topological polar surface area (TPSA) is 90.4 Å². The monoisotopic (exact) mass is 587 g/mol. The maximum absolute atomic E-state index is 14.8. The van der Waals surface area contributed by atoms with Crippen molar-refractivity contribution >= 4 is 30.0 Å². The third-order valence-electron chi connectivity index (χ3n) is 8.35. The highest BCUT2D eigenvalue weighted by atomic mass is 35.5. The smallest absolute Gasteiger partial charge is 0.327 e. The van der Waals surface area contributed by atoms with Gasteiger partial charge in [0, 0.05) is 26.2 Å². The van der Waals surface area contributed by atoms with Crippen molar-refractivity contribution in [1.29, 1.82) is 0 Å². The van der Waals surface area contributed by atoms with Gasteiger partial charge in [0.25, 0.3) is 6.47 Å². The van der Waals surface area contributed by atoms with E-state index in [0.29, 0.717) is 5.92 Å². The number of likely N-dealkylation sites (N-methyl/N-ethyl adjacent to an activating group) is 1. The summed E-state index contributed by atoms with van der Waals surface area (Å²) in [6, 6.07) is 9.84. The number of fused-ring (bicyclic) bond motifs is 1. The van der Waals surface area contributed by atoms with E-state index < -0.39 is 0 Å². The van der Waals surface area contributed by atoms with E-state index in [2.05, 4.69) is 17.0 Å². The summed E-state index contributed by atoms with van der Waals surface area (Å²) in [6.07, 6.45) is 8.05. The van der Waals surface area contributed by atoms with Crippen molar-refractivity contribution in [3.8, 4) is 5.75 Å². The lowest BCUT2D eigenvalue weighted by Gasteiger charge is -2.34. The molecule has 3 aliphatic rings. The molecule has 41 heavy (non-hydrogen) atoms. The second-order valence-electron chi connectivity index (χ2n) is 11.2. The largest absolute Gasteiger partial charge is 0.491 e. The van der Waals surface area contributed by atoms with Crippen LogP contribution in [0.4, 0.5) is 9.18 Å². The minimum atomic E-state index is -0.278. The van der Waals surface area contributed by atoms with Crippen LogP contribution in [0.5, 0.6) is 5.75 Å². The van der Waals surface area contributed by atoms with Gasteiger partial charge in [-0.2, -0.15) is 0 Å². The van der Waals surface area contributed by atoms with Crippen LogP contribution in [0.25, 0.3) is 0 Å². The molecule has 2 fully saturated rings. The van der Waals surface area contributed by atoms with E-state index >= 15 is 0 Å². The van der Waals surface area contributed by atoms with Crippen LogP contribution in [0.1, 0.15) is 66.8 Å². The Morgan fingerprint density at radius 2 is 1.88 bits per heavy atom. The van der Waals surface area contributed by atoms with Gasteiger partial charge in [0.2, 0.25) is 5.91 Å². The first kappa shape index (κ1) is 30.8. The van der Waals surface area contributed by atoms with Crippen molar-refractivity contribution in [2.75, 3.05) is 33.3 Å². The molecule has 222 valence electrons. The molecule has 1 atom stereocenters. The van der Waals surface area contributed by atoms with Crippen LogP contribution in [-0.4, -0.2) is 71.5 Å². The molecule has 2 aromatic rings. The van der Waals surface area contributed by atoms with Gasteiger partial charge in [-0.1, -0.05) is 49.1 Å². The number of imide groups is 1. The number of ether oxygens (including phenoxy) is 1. The number of hydrogen-bond acceptors (Lipinski definition) is 5. The van der Waals surface area contributed by atoms with Gasteiger partial charge in [0.15, 0.2) is 0 Å². The van der Waals surface area contributed by atoms with Crippen LogP contribution in [0.3, 0.4) is 0 Å². The fourth-order valence-electron chi connectivity index (χ4n) is 6.34. The molecule has 1 saturated carbocycles. The summed E-state index contributed by atoms with van der Waals surface area (Å²) < 4.78 is 20.7. The molecule has 5 rings (SSSR count). The Labute approximate surface area is 246 Å². The second kappa shape index (κ2) is 14.1. The lowest BCUT2D eigenvalue weighted by Crippen LogP contribution is -2.35. The van der Waals surface area contributed by atoms with Gasteiger partial charge in [-0.25, -0.2) is 9.18 Å². The molecule has 1 saturated heterocycles. The zero-order valence-corrected chi connectivity index (χ0v) is 24.5. The molecule has 2 aromatic carbocycles. The molecule has 2 aliphatic carbocycles. The minimum absolute atomic E-state index is 0.120. The lowest BCUT2D eigenvalue weighted by molar-refractivity contribution is -0.125. The standard InChI is InChI=1S/C30H37ClFN3O3.CH2O2/c1-20-16-22(8-13-27(20)38-15-14-35-28(36)19-33(2)30(35)37)18-34(17-21-6-4-3-5-7-21)26-12-10-24-23(26)9-11-25(31)29(24)32;2-1-3/h8-9,11,13,16,21,26H,3-7,10,12,14-15,17-19H2,1-2H3;1H,(H,2,3). The van der Waals surface area contributed by atoms with Crippen molar-refractivity contribution in [3.05, 3.63) is 63.4 Å². The van der Waals surface area contributed by atoms with Gasteiger partial charge in [-0.15, -0.1) is 0 Å². The Morgan fingerprint density at radius 3 is 2.54 bits per heavy atom. The van der Waals surface area contributed by atoms with Crippen LogP contribution in [-0.2, 0) is 22.6 Å². The molecule has 1 aliphatic heterocycles. The third-order valence-corrected chi connectivity index (χ3v) is 8.64. The van der Waals surface area contributed by atoms with Gasteiger partial charge < -0.3 is 14.7 Å². The fraction of sp³-hybridized carbons (Fsp3) is 0.516. The number of nitrogens with zero attached hydrogens (tertiary/aromatic N) is 3. The molecule has 1 heterocycles. The van der Waals surface area contributed by atoms with Gasteiger partial charge >= 0.3 is 6.03 Å². The molecule has 0 radical (unpaired) electrons. The Bertz CT molecular complexity index is 1250. The molecule has 8 nitrogen and oxygen atoms in total. The van der Waals surface area contributed by atoms with Crippen LogP contribution >= 0.6 is 11.6 Å². The zero-order chi connectivity index (χ0) is 29.5. The van der Waals surface area contributed by atoms with E-state index in [1.807, 2.05) is 19.1 Å². The fourth-order valence-corrected chi connectivity index (χ4v) is 6.51. The van der Waals surface area contributed by atoms with E-state index in [1.54, 1.807) is 13.1 Å². The second-order valence-corrected chi connectivity index (χ2v) is 11.6. The number of urea groups is 1. The van der Waals surface area contributed by atoms with Gasteiger partial charge in [-0.3, -0.25) is 19.4 Å². The number of rotatable bonds is 9. The molecule has 0 spiro atoms. The highest BCUT2D eigenvalue weighted by Gasteiger charge is 2.34. The van der Waals surface area contributed by atoms with Crippen LogP contribution in [0.2, 0.25) is 5.02 Å². The first-order chi connectivity index (χ1) is 19.7. The van der Waals surface area contributed by atoms with Crippen LogP contribution in [0, 0.1) is 18.7 Å². The number of carboxylic acid groups (broad SMARTS) is 1. The highest BCUT2D eigenvalue weighted by molar-refractivity contribution is 6.30. The molecular formula is C31H39ClFN3O5. The summed E-state index contributed by atoms with van der Waals surface area (Å²) in [5, 5.41) is 7.10. The average molecular weight is 588 g/mol. The normalized spacial score (nSPS) is 18.9. The summed E-state index contributed by atoms with van der Waals surface area (Å²) >= 11 is 6.09. The Hall–Kier alpha value is -3.17. The zero-order valence-electron chi connectivity index (χ0n) is 23.8. The molecule has 0 aromatic heterocycles. The number of carbonyl (C=O) groups is 3. The first-order valence-corrected chi connectivity index (χ1v) is 14.7. The van der Waals surface area contributed by atoms with E-state index in [1.165, 1.54) is 47.5 Å². The summed E-state index contributed by atoms with van der Waals surface area (Å²) in [4.78, 5) is 37.6. The SMILES string of the molecule is Cc1cc(CN(CC2CCCCC2)C2CCc3c2ccc(Cl)c3F)ccc1OCCN1C(=O)CN(C)C1=O.O=CO.